The Kier molecular flexibility index (Phi) is 4.17. The maximum Gasteiger partial charge on any atom is 0.0927 e. The van der Waals surface area contributed by atoms with Crippen molar-refractivity contribution in [2.45, 2.75) is 9.79 Å². The van der Waals surface area contributed by atoms with Gasteiger partial charge in [0.1, 0.15) is 0 Å². The first-order valence-electron chi connectivity index (χ1n) is 7.83. The number of benzene rings is 3. The van der Waals surface area contributed by atoms with Crippen LogP contribution in [0.3, 0.4) is 0 Å². The van der Waals surface area contributed by atoms with Gasteiger partial charge >= 0.3 is 0 Å². The molecule has 0 unspecified atom stereocenters. The first kappa shape index (κ1) is 14.8. The predicted octanol–water partition coefficient (Wildman–Crippen LogP) is 5.88. The summed E-state index contributed by atoms with van der Waals surface area (Å²) in [7, 11) is 0. The van der Waals surface area contributed by atoms with Gasteiger partial charge < -0.3 is 0 Å². The third-order valence-electron chi connectivity index (χ3n) is 3.78. The van der Waals surface area contributed by atoms with Crippen molar-refractivity contribution in [1.82, 2.24) is 10.2 Å². The fourth-order valence-corrected chi connectivity index (χ4v) is 3.45. The van der Waals surface area contributed by atoms with Gasteiger partial charge in [0.05, 0.1) is 11.2 Å². The van der Waals surface area contributed by atoms with Crippen molar-refractivity contribution in [1.29, 1.82) is 0 Å². The highest BCUT2D eigenvalue weighted by Crippen LogP contribution is 2.30. The number of aromatic amines is 1. The number of fused-ring (bicyclic) bond motifs is 1. The third-order valence-corrected chi connectivity index (χ3v) is 4.77. The molecule has 0 saturated carbocycles. The molecule has 0 aliphatic carbocycles. The van der Waals surface area contributed by atoms with E-state index in [0.717, 1.165) is 16.6 Å². The summed E-state index contributed by atoms with van der Waals surface area (Å²) in [5.41, 5.74) is 3.19. The van der Waals surface area contributed by atoms with Gasteiger partial charge in [-0.3, -0.25) is 5.10 Å². The standard InChI is InChI=1S/C21H16N2S/c1-3-7-16(8-4-1)11-14-20-19-13-12-18(15-21(19)23-22-20)24-17-9-5-2-6-10-17/h1-15H,(H,22,23)/b14-11+. The second-order valence-electron chi connectivity index (χ2n) is 5.48. The number of rotatable bonds is 4. The predicted molar refractivity (Wildman–Crippen MR) is 102 cm³/mol. The van der Waals surface area contributed by atoms with Gasteiger partial charge in [0.15, 0.2) is 0 Å². The highest BCUT2D eigenvalue weighted by Gasteiger charge is 2.05. The van der Waals surface area contributed by atoms with Gasteiger partial charge in [-0.15, -0.1) is 0 Å². The summed E-state index contributed by atoms with van der Waals surface area (Å²) in [6, 6.07) is 27.1. The fraction of sp³-hybridized carbons (Fsp3) is 0. The summed E-state index contributed by atoms with van der Waals surface area (Å²) in [6.45, 7) is 0. The summed E-state index contributed by atoms with van der Waals surface area (Å²) in [5.74, 6) is 0. The Balaban J connectivity index is 1.60. The minimum absolute atomic E-state index is 0.963. The van der Waals surface area contributed by atoms with E-state index in [1.54, 1.807) is 11.8 Å². The van der Waals surface area contributed by atoms with Crippen molar-refractivity contribution in [3.8, 4) is 0 Å². The van der Waals surface area contributed by atoms with Crippen LogP contribution >= 0.6 is 11.8 Å². The quantitative estimate of drug-likeness (QED) is 0.506. The average Bonchev–Trinajstić information content (AvgIpc) is 3.04. The first-order chi connectivity index (χ1) is 11.9. The van der Waals surface area contributed by atoms with Gasteiger partial charge in [0, 0.05) is 15.2 Å². The van der Waals surface area contributed by atoms with Crippen LogP contribution in [0.25, 0.3) is 23.1 Å². The van der Waals surface area contributed by atoms with Crippen LogP contribution in [0.5, 0.6) is 0 Å². The van der Waals surface area contributed by atoms with E-state index in [1.165, 1.54) is 15.4 Å². The lowest BCUT2D eigenvalue weighted by molar-refractivity contribution is 1.10. The van der Waals surface area contributed by atoms with E-state index in [-0.39, 0.29) is 0 Å². The Hall–Kier alpha value is -2.78. The van der Waals surface area contributed by atoms with Crippen LogP contribution in [0.1, 0.15) is 11.3 Å². The molecule has 116 valence electrons. The molecule has 4 aromatic rings. The van der Waals surface area contributed by atoms with E-state index in [4.69, 9.17) is 0 Å². The number of nitrogens with one attached hydrogen (secondary N) is 1. The van der Waals surface area contributed by atoms with Gasteiger partial charge in [0.25, 0.3) is 0 Å². The lowest BCUT2D eigenvalue weighted by Crippen LogP contribution is -1.75. The Morgan fingerprint density at radius 1 is 0.750 bits per heavy atom. The molecular weight excluding hydrogens is 312 g/mol. The number of hydrogen-bond donors (Lipinski definition) is 1. The second kappa shape index (κ2) is 6.77. The molecule has 0 amide bonds. The van der Waals surface area contributed by atoms with E-state index in [0.29, 0.717) is 0 Å². The lowest BCUT2D eigenvalue weighted by atomic mass is 10.1. The molecule has 0 radical (unpaired) electrons. The monoisotopic (exact) mass is 328 g/mol. The molecule has 1 heterocycles. The number of H-pyrrole nitrogens is 1. The Morgan fingerprint density at radius 3 is 2.29 bits per heavy atom. The normalized spacial score (nSPS) is 11.3. The second-order valence-corrected chi connectivity index (χ2v) is 6.62. The van der Waals surface area contributed by atoms with Gasteiger partial charge in [-0.1, -0.05) is 66.4 Å². The SMILES string of the molecule is C(=C\c1n[nH]c2cc(Sc3ccccc3)ccc12)/c1ccccc1. The molecule has 3 heteroatoms. The van der Waals surface area contributed by atoms with Crippen molar-refractivity contribution in [2.75, 3.05) is 0 Å². The van der Waals surface area contributed by atoms with E-state index in [1.807, 2.05) is 24.3 Å². The number of aromatic nitrogens is 2. The molecule has 0 aliphatic rings. The zero-order chi connectivity index (χ0) is 16.2. The summed E-state index contributed by atoms with van der Waals surface area (Å²) in [5, 5.41) is 8.71. The van der Waals surface area contributed by atoms with Gasteiger partial charge in [-0.25, -0.2) is 0 Å². The van der Waals surface area contributed by atoms with Crippen LogP contribution in [0.2, 0.25) is 0 Å². The molecule has 3 aromatic carbocycles. The topological polar surface area (TPSA) is 28.7 Å². The molecule has 0 spiro atoms. The van der Waals surface area contributed by atoms with Gasteiger partial charge in [0.2, 0.25) is 0 Å². The molecule has 0 fully saturated rings. The minimum Gasteiger partial charge on any atom is -0.277 e. The molecule has 0 saturated heterocycles. The van der Waals surface area contributed by atoms with E-state index in [9.17, 15) is 0 Å². The Labute approximate surface area is 145 Å². The number of nitrogens with zero attached hydrogens (tertiary/aromatic N) is 1. The molecule has 2 nitrogen and oxygen atoms in total. The molecule has 1 N–H and O–H groups in total. The summed E-state index contributed by atoms with van der Waals surface area (Å²) in [4.78, 5) is 2.44. The minimum atomic E-state index is 0.963. The zero-order valence-corrected chi connectivity index (χ0v) is 13.8. The van der Waals surface area contributed by atoms with Crippen molar-refractivity contribution in [3.63, 3.8) is 0 Å². The van der Waals surface area contributed by atoms with E-state index < -0.39 is 0 Å². The summed E-state index contributed by atoms with van der Waals surface area (Å²) in [6.07, 6.45) is 4.14. The van der Waals surface area contributed by atoms with Crippen molar-refractivity contribution >= 4 is 34.8 Å². The average molecular weight is 328 g/mol. The third kappa shape index (κ3) is 3.26. The van der Waals surface area contributed by atoms with Crippen LogP contribution in [-0.4, -0.2) is 10.2 Å². The summed E-state index contributed by atoms with van der Waals surface area (Å²) < 4.78 is 0. The molecule has 4 rings (SSSR count). The first-order valence-corrected chi connectivity index (χ1v) is 8.64. The highest BCUT2D eigenvalue weighted by molar-refractivity contribution is 7.99. The fourth-order valence-electron chi connectivity index (χ4n) is 2.57. The molecule has 24 heavy (non-hydrogen) atoms. The molecular formula is C21H16N2S. The molecule has 0 bridgehead atoms. The maximum atomic E-state index is 4.44. The highest BCUT2D eigenvalue weighted by atomic mass is 32.2. The van der Waals surface area contributed by atoms with Gasteiger partial charge in [-0.2, -0.15) is 5.10 Å². The zero-order valence-electron chi connectivity index (χ0n) is 13.0. The van der Waals surface area contributed by atoms with Crippen molar-refractivity contribution < 1.29 is 0 Å². The largest absolute Gasteiger partial charge is 0.277 e. The van der Waals surface area contributed by atoms with Crippen LogP contribution in [0, 0.1) is 0 Å². The Bertz CT molecular complexity index is 973. The van der Waals surface area contributed by atoms with E-state index in [2.05, 4.69) is 76.9 Å². The smallest absolute Gasteiger partial charge is 0.0927 e. The lowest BCUT2D eigenvalue weighted by Gasteiger charge is -2.01. The summed E-state index contributed by atoms with van der Waals surface area (Å²) >= 11 is 1.76. The van der Waals surface area contributed by atoms with Gasteiger partial charge in [-0.05, 0) is 42.0 Å². The van der Waals surface area contributed by atoms with Crippen LogP contribution in [0.4, 0.5) is 0 Å². The maximum absolute atomic E-state index is 4.44. The van der Waals surface area contributed by atoms with Crippen molar-refractivity contribution in [2.24, 2.45) is 0 Å². The Morgan fingerprint density at radius 2 is 1.50 bits per heavy atom. The molecule has 1 aromatic heterocycles. The molecule has 0 aliphatic heterocycles. The molecule has 0 atom stereocenters. The van der Waals surface area contributed by atoms with Crippen LogP contribution < -0.4 is 0 Å². The van der Waals surface area contributed by atoms with Crippen LogP contribution in [0.15, 0.2) is 88.7 Å². The van der Waals surface area contributed by atoms with E-state index >= 15 is 0 Å². The van der Waals surface area contributed by atoms with Crippen molar-refractivity contribution in [3.05, 3.63) is 90.1 Å². The van der Waals surface area contributed by atoms with Crippen LogP contribution in [-0.2, 0) is 0 Å². The number of hydrogen-bond acceptors (Lipinski definition) is 2.